The summed E-state index contributed by atoms with van der Waals surface area (Å²) >= 11 is 0. The number of benzene rings is 2. The number of ether oxygens (including phenoxy) is 3. The third kappa shape index (κ3) is 3.98. The van der Waals surface area contributed by atoms with E-state index in [2.05, 4.69) is 15.6 Å². The van der Waals surface area contributed by atoms with E-state index < -0.39 is 0 Å². The zero-order chi connectivity index (χ0) is 19.3. The van der Waals surface area contributed by atoms with Crippen molar-refractivity contribution in [3.05, 3.63) is 66.4 Å². The van der Waals surface area contributed by atoms with Crippen molar-refractivity contribution in [3.63, 3.8) is 0 Å². The molecule has 1 aromatic heterocycles. The minimum absolute atomic E-state index is 0.239. The third-order valence-corrected chi connectivity index (χ3v) is 4.18. The Morgan fingerprint density at radius 1 is 0.964 bits per heavy atom. The van der Waals surface area contributed by atoms with Crippen LogP contribution < -0.4 is 24.8 Å². The van der Waals surface area contributed by atoms with Crippen molar-refractivity contribution in [3.8, 4) is 17.2 Å². The molecule has 0 atom stereocenters. The van der Waals surface area contributed by atoms with Crippen LogP contribution in [0, 0.1) is 0 Å². The van der Waals surface area contributed by atoms with Gasteiger partial charge < -0.3 is 24.8 Å². The maximum Gasteiger partial charge on any atom is 0.255 e. The van der Waals surface area contributed by atoms with Gasteiger partial charge in [0.2, 0.25) is 0 Å². The summed E-state index contributed by atoms with van der Waals surface area (Å²) in [5.74, 6) is 2.41. The van der Waals surface area contributed by atoms with Gasteiger partial charge in [-0.15, -0.1) is 0 Å². The lowest BCUT2D eigenvalue weighted by molar-refractivity contribution is 0.102. The van der Waals surface area contributed by atoms with Crippen LogP contribution in [0.1, 0.15) is 10.4 Å². The van der Waals surface area contributed by atoms with E-state index in [-0.39, 0.29) is 5.91 Å². The van der Waals surface area contributed by atoms with Crippen LogP contribution in [0.2, 0.25) is 0 Å². The third-order valence-electron chi connectivity index (χ3n) is 4.18. The highest BCUT2D eigenvalue weighted by atomic mass is 16.6. The van der Waals surface area contributed by atoms with Crippen LogP contribution in [-0.2, 0) is 0 Å². The molecule has 7 heteroatoms. The molecule has 4 rings (SSSR count). The number of fused-ring (bicyclic) bond motifs is 1. The molecule has 3 aromatic rings. The highest BCUT2D eigenvalue weighted by Gasteiger charge is 2.14. The number of anilines is 3. The van der Waals surface area contributed by atoms with Gasteiger partial charge in [-0.05, 0) is 48.5 Å². The lowest BCUT2D eigenvalue weighted by Crippen LogP contribution is -2.16. The summed E-state index contributed by atoms with van der Waals surface area (Å²) in [6.45, 7) is 1.02. The molecular formula is C21H19N3O4. The standard InChI is InChI=1S/C21H19N3O4/c1-26-17-5-2-15(3-6-17)23-20-12-14(8-9-22-20)21(25)24-16-4-7-18-19(13-16)28-11-10-27-18/h2-9,12-13H,10-11H2,1H3,(H,22,23)(H,24,25). The molecule has 0 saturated heterocycles. The number of nitrogens with one attached hydrogen (secondary N) is 2. The summed E-state index contributed by atoms with van der Waals surface area (Å²) < 4.78 is 16.2. The van der Waals surface area contributed by atoms with E-state index in [9.17, 15) is 4.79 Å². The Balaban J connectivity index is 1.46. The smallest absolute Gasteiger partial charge is 0.255 e. The SMILES string of the molecule is COc1ccc(Nc2cc(C(=O)Nc3ccc4c(c3)OCCO4)ccn2)cc1. The topological polar surface area (TPSA) is 81.7 Å². The molecule has 0 bridgehead atoms. The maximum absolute atomic E-state index is 12.6. The first-order valence-corrected chi connectivity index (χ1v) is 8.79. The van der Waals surface area contributed by atoms with Crippen molar-refractivity contribution >= 4 is 23.1 Å². The van der Waals surface area contributed by atoms with E-state index in [0.717, 1.165) is 11.4 Å². The van der Waals surface area contributed by atoms with E-state index in [1.54, 1.807) is 43.6 Å². The second-order valence-corrected chi connectivity index (χ2v) is 6.10. The first-order valence-electron chi connectivity index (χ1n) is 8.79. The minimum atomic E-state index is -0.239. The molecular weight excluding hydrogens is 358 g/mol. The lowest BCUT2D eigenvalue weighted by atomic mass is 10.2. The van der Waals surface area contributed by atoms with Gasteiger partial charge in [-0.1, -0.05) is 0 Å². The summed E-state index contributed by atoms with van der Waals surface area (Å²) in [5.41, 5.74) is 1.97. The Labute approximate surface area is 162 Å². The van der Waals surface area contributed by atoms with E-state index in [1.807, 2.05) is 24.3 Å². The molecule has 2 heterocycles. The van der Waals surface area contributed by atoms with Crippen LogP contribution in [0.15, 0.2) is 60.8 Å². The molecule has 7 nitrogen and oxygen atoms in total. The second kappa shape index (κ2) is 7.87. The number of nitrogens with zero attached hydrogens (tertiary/aromatic N) is 1. The molecule has 28 heavy (non-hydrogen) atoms. The first kappa shape index (κ1) is 17.7. The Kier molecular flexibility index (Phi) is 4.97. The number of carbonyl (C=O) groups excluding carboxylic acids is 1. The number of pyridine rings is 1. The minimum Gasteiger partial charge on any atom is -0.497 e. The highest BCUT2D eigenvalue weighted by molar-refractivity contribution is 6.04. The normalized spacial score (nSPS) is 12.2. The Hall–Kier alpha value is -3.74. The van der Waals surface area contributed by atoms with E-state index >= 15 is 0 Å². The summed E-state index contributed by atoms with van der Waals surface area (Å²) in [6.07, 6.45) is 1.59. The number of rotatable bonds is 5. The fourth-order valence-electron chi connectivity index (χ4n) is 2.79. The molecule has 1 amide bonds. The molecule has 1 aliphatic rings. The van der Waals surface area contributed by atoms with Crippen LogP contribution in [0.4, 0.5) is 17.2 Å². The van der Waals surface area contributed by atoms with Gasteiger partial charge in [0.05, 0.1) is 7.11 Å². The van der Waals surface area contributed by atoms with Crippen molar-refractivity contribution in [2.75, 3.05) is 31.0 Å². The van der Waals surface area contributed by atoms with Crippen molar-refractivity contribution < 1.29 is 19.0 Å². The molecule has 0 unspecified atom stereocenters. The summed E-state index contributed by atoms with van der Waals surface area (Å²) in [5, 5.41) is 6.04. The number of amides is 1. The fourth-order valence-corrected chi connectivity index (χ4v) is 2.79. The fraction of sp³-hybridized carbons (Fsp3) is 0.143. The van der Waals surface area contributed by atoms with Crippen LogP contribution in [-0.4, -0.2) is 31.2 Å². The van der Waals surface area contributed by atoms with Gasteiger partial charge in [0.1, 0.15) is 24.8 Å². The molecule has 2 N–H and O–H groups in total. The molecule has 142 valence electrons. The summed E-state index contributed by atoms with van der Waals surface area (Å²) in [6, 6.07) is 16.1. The van der Waals surface area contributed by atoms with Crippen LogP contribution >= 0.6 is 0 Å². The van der Waals surface area contributed by atoms with Crippen molar-refractivity contribution in [1.82, 2.24) is 4.98 Å². The molecule has 2 aromatic carbocycles. The average molecular weight is 377 g/mol. The Morgan fingerprint density at radius 3 is 2.50 bits per heavy atom. The van der Waals surface area contributed by atoms with Gasteiger partial charge in [-0.2, -0.15) is 0 Å². The van der Waals surface area contributed by atoms with Gasteiger partial charge in [0, 0.05) is 29.2 Å². The van der Waals surface area contributed by atoms with Gasteiger partial charge in [-0.25, -0.2) is 4.98 Å². The highest BCUT2D eigenvalue weighted by Crippen LogP contribution is 2.32. The Morgan fingerprint density at radius 2 is 1.71 bits per heavy atom. The van der Waals surface area contributed by atoms with Crippen molar-refractivity contribution in [2.45, 2.75) is 0 Å². The maximum atomic E-state index is 12.6. The molecule has 0 radical (unpaired) electrons. The first-order chi connectivity index (χ1) is 13.7. The summed E-state index contributed by atoms with van der Waals surface area (Å²) in [4.78, 5) is 16.9. The number of hydrogen-bond acceptors (Lipinski definition) is 6. The number of carbonyl (C=O) groups is 1. The van der Waals surface area contributed by atoms with E-state index in [1.165, 1.54) is 0 Å². The zero-order valence-electron chi connectivity index (χ0n) is 15.3. The zero-order valence-corrected chi connectivity index (χ0v) is 15.3. The van der Waals surface area contributed by atoms with Gasteiger partial charge >= 0.3 is 0 Å². The molecule has 0 aliphatic carbocycles. The predicted octanol–water partition coefficient (Wildman–Crippen LogP) is 3.86. The van der Waals surface area contributed by atoms with Crippen molar-refractivity contribution in [2.24, 2.45) is 0 Å². The Bertz CT molecular complexity index is 989. The molecule has 0 spiro atoms. The summed E-state index contributed by atoms with van der Waals surface area (Å²) in [7, 11) is 1.62. The lowest BCUT2D eigenvalue weighted by Gasteiger charge is -2.19. The van der Waals surface area contributed by atoms with Crippen LogP contribution in [0.5, 0.6) is 17.2 Å². The van der Waals surface area contributed by atoms with Crippen LogP contribution in [0.3, 0.4) is 0 Å². The number of aromatic nitrogens is 1. The quantitative estimate of drug-likeness (QED) is 0.703. The van der Waals surface area contributed by atoms with Crippen LogP contribution in [0.25, 0.3) is 0 Å². The average Bonchev–Trinajstić information content (AvgIpc) is 2.74. The van der Waals surface area contributed by atoms with Gasteiger partial charge in [0.25, 0.3) is 5.91 Å². The predicted molar refractivity (Wildman–Crippen MR) is 106 cm³/mol. The number of hydrogen-bond donors (Lipinski definition) is 2. The van der Waals surface area contributed by atoms with Crippen molar-refractivity contribution in [1.29, 1.82) is 0 Å². The molecule has 0 fully saturated rings. The van der Waals surface area contributed by atoms with Gasteiger partial charge in [-0.3, -0.25) is 4.79 Å². The monoisotopic (exact) mass is 377 g/mol. The largest absolute Gasteiger partial charge is 0.497 e. The van der Waals surface area contributed by atoms with E-state index in [4.69, 9.17) is 14.2 Å². The van der Waals surface area contributed by atoms with Gasteiger partial charge in [0.15, 0.2) is 11.5 Å². The van der Waals surface area contributed by atoms with E-state index in [0.29, 0.717) is 41.8 Å². The molecule has 1 aliphatic heterocycles. The second-order valence-electron chi connectivity index (χ2n) is 6.10. The number of methoxy groups -OCH3 is 1. The molecule has 0 saturated carbocycles.